The number of phenolic OH excluding ortho intramolecular Hbond substituents is 1. The van der Waals surface area contributed by atoms with Gasteiger partial charge in [-0.05, 0) is 37.0 Å². The lowest BCUT2D eigenvalue weighted by Gasteiger charge is -2.07. The molecule has 0 heterocycles. The molecule has 1 aromatic carbocycles. The third-order valence-electron chi connectivity index (χ3n) is 2.56. The van der Waals surface area contributed by atoms with Crippen molar-refractivity contribution in [2.24, 2.45) is 0 Å². The molecule has 2 rings (SSSR count). The molecule has 0 spiro atoms. The van der Waals surface area contributed by atoms with Gasteiger partial charge in [0, 0.05) is 5.56 Å². The quantitative estimate of drug-likeness (QED) is 0.750. The summed E-state index contributed by atoms with van der Waals surface area (Å²) in [6.07, 6.45) is 2.12. The zero-order valence-corrected chi connectivity index (χ0v) is 8.25. The van der Waals surface area contributed by atoms with Crippen LogP contribution < -0.4 is 0 Å². The Bertz CT molecular complexity index is 385. The number of aromatic hydroxyl groups is 1. The molecule has 0 saturated heterocycles. The Morgan fingerprint density at radius 3 is 2.57 bits per heavy atom. The molecule has 0 atom stereocenters. The highest BCUT2D eigenvalue weighted by Crippen LogP contribution is 2.38. The molecule has 0 amide bonds. The molecule has 0 unspecified atom stereocenters. The van der Waals surface area contributed by atoms with Gasteiger partial charge in [-0.3, -0.25) is 0 Å². The summed E-state index contributed by atoms with van der Waals surface area (Å²) in [6.45, 7) is 1.96. The Morgan fingerprint density at radius 1 is 1.36 bits per heavy atom. The van der Waals surface area contributed by atoms with E-state index in [-0.39, 0.29) is 12.4 Å². The summed E-state index contributed by atoms with van der Waals surface area (Å²) in [5, 5.41) is 18.9. The van der Waals surface area contributed by atoms with Crippen LogP contribution in [0, 0.1) is 6.92 Å². The second-order valence-electron chi connectivity index (χ2n) is 3.76. The molecule has 74 valence electrons. The SMILES string of the molecule is Cc1ccc(C(CO)=C2CC2)c(O)c1. The summed E-state index contributed by atoms with van der Waals surface area (Å²) >= 11 is 0. The van der Waals surface area contributed by atoms with Crippen LogP contribution in [0.5, 0.6) is 5.75 Å². The van der Waals surface area contributed by atoms with Crippen molar-refractivity contribution in [3.63, 3.8) is 0 Å². The van der Waals surface area contributed by atoms with Crippen molar-refractivity contribution in [2.75, 3.05) is 6.61 Å². The number of aliphatic hydroxyl groups excluding tert-OH is 1. The molecule has 14 heavy (non-hydrogen) atoms. The summed E-state index contributed by atoms with van der Waals surface area (Å²) in [7, 11) is 0. The third kappa shape index (κ3) is 1.66. The van der Waals surface area contributed by atoms with E-state index < -0.39 is 0 Å². The minimum atomic E-state index is 0.0198. The fraction of sp³-hybridized carbons (Fsp3) is 0.333. The van der Waals surface area contributed by atoms with Crippen molar-refractivity contribution in [1.82, 2.24) is 0 Å². The molecule has 0 radical (unpaired) electrons. The molecule has 1 saturated carbocycles. The summed E-state index contributed by atoms with van der Waals surface area (Å²) in [6, 6.07) is 5.56. The van der Waals surface area contributed by atoms with Gasteiger partial charge in [0.2, 0.25) is 0 Å². The summed E-state index contributed by atoms with van der Waals surface area (Å²) in [5.74, 6) is 0.272. The second-order valence-corrected chi connectivity index (χ2v) is 3.76. The average Bonchev–Trinajstić information content (AvgIpc) is 2.93. The number of phenols is 1. The fourth-order valence-corrected chi connectivity index (χ4v) is 1.65. The highest BCUT2D eigenvalue weighted by Gasteiger charge is 2.19. The number of benzene rings is 1. The van der Waals surface area contributed by atoms with Crippen LogP contribution in [0.1, 0.15) is 24.0 Å². The summed E-state index contributed by atoms with van der Waals surface area (Å²) < 4.78 is 0. The number of allylic oxidation sites excluding steroid dienone is 1. The van der Waals surface area contributed by atoms with Gasteiger partial charge in [-0.15, -0.1) is 0 Å². The van der Waals surface area contributed by atoms with Crippen LogP contribution in [0.15, 0.2) is 23.8 Å². The predicted octanol–water partition coefficient (Wildman–Crippen LogP) is 2.24. The van der Waals surface area contributed by atoms with Crippen molar-refractivity contribution in [2.45, 2.75) is 19.8 Å². The molecule has 1 aliphatic carbocycles. The molecule has 0 bridgehead atoms. The zero-order chi connectivity index (χ0) is 10.1. The van der Waals surface area contributed by atoms with Crippen LogP contribution in [0.3, 0.4) is 0 Å². The molecule has 1 fully saturated rings. The highest BCUT2D eigenvalue weighted by molar-refractivity contribution is 5.75. The third-order valence-corrected chi connectivity index (χ3v) is 2.56. The van der Waals surface area contributed by atoms with Gasteiger partial charge in [0.05, 0.1) is 6.61 Å². The first-order chi connectivity index (χ1) is 6.72. The van der Waals surface area contributed by atoms with E-state index in [1.54, 1.807) is 6.07 Å². The number of aryl methyl sites for hydroxylation is 1. The largest absolute Gasteiger partial charge is 0.507 e. The average molecular weight is 190 g/mol. The smallest absolute Gasteiger partial charge is 0.123 e. The monoisotopic (exact) mass is 190 g/mol. The highest BCUT2D eigenvalue weighted by atomic mass is 16.3. The minimum Gasteiger partial charge on any atom is -0.507 e. The van der Waals surface area contributed by atoms with Crippen LogP contribution in [0.4, 0.5) is 0 Å². The zero-order valence-electron chi connectivity index (χ0n) is 8.25. The molecule has 0 aromatic heterocycles. The van der Waals surface area contributed by atoms with Gasteiger partial charge >= 0.3 is 0 Å². The molecule has 1 aromatic rings. The van der Waals surface area contributed by atoms with Crippen molar-refractivity contribution >= 4 is 5.57 Å². The van der Waals surface area contributed by atoms with Crippen LogP contribution in [0.2, 0.25) is 0 Å². The maximum absolute atomic E-state index is 9.72. The summed E-state index contributed by atoms with van der Waals surface area (Å²) in [5.41, 5.74) is 3.99. The molecule has 0 aliphatic heterocycles. The maximum atomic E-state index is 9.72. The van der Waals surface area contributed by atoms with Gasteiger partial charge in [-0.1, -0.05) is 17.7 Å². The van der Waals surface area contributed by atoms with Crippen LogP contribution >= 0.6 is 0 Å². The minimum absolute atomic E-state index is 0.0198. The predicted molar refractivity (Wildman–Crippen MR) is 56.1 cm³/mol. The summed E-state index contributed by atoms with van der Waals surface area (Å²) in [4.78, 5) is 0. The molecular formula is C12H14O2. The van der Waals surface area contributed by atoms with Crippen molar-refractivity contribution in [3.8, 4) is 5.75 Å². The standard InChI is InChI=1S/C12H14O2/c1-8-2-5-10(12(14)6-8)11(7-13)9-3-4-9/h2,5-6,13-14H,3-4,7H2,1H3. The lowest BCUT2D eigenvalue weighted by atomic mass is 10.0. The van der Waals surface area contributed by atoms with E-state index in [0.717, 1.165) is 29.5 Å². The number of aliphatic hydroxyl groups is 1. The van der Waals surface area contributed by atoms with Crippen LogP contribution in [-0.4, -0.2) is 16.8 Å². The van der Waals surface area contributed by atoms with E-state index in [1.165, 1.54) is 5.57 Å². The Balaban J connectivity index is 2.45. The van der Waals surface area contributed by atoms with Crippen molar-refractivity contribution in [3.05, 3.63) is 34.9 Å². The first-order valence-corrected chi connectivity index (χ1v) is 4.84. The van der Waals surface area contributed by atoms with Crippen LogP contribution in [0.25, 0.3) is 5.57 Å². The van der Waals surface area contributed by atoms with E-state index in [4.69, 9.17) is 0 Å². The van der Waals surface area contributed by atoms with E-state index in [1.807, 2.05) is 19.1 Å². The second kappa shape index (κ2) is 3.46. The van der Waals surface area contributed by atoms with Gasteiger partial charge in [0.25, 0.3) is 0 Å². The van der Waals surface area contributed by atoms with Crippen molar-refractivity contribution in [1.29, 1.82) is 0 Å². The van der Waals surface area contributed by atoms with Gasteiger partial charge in [0.15, 0.2) is 0 Å². The maximum Gasteiger partial charge on any atom is 0.123 e. The molecule has 2 N–H and O–H groups in total. The van der Waals surface area contributed by atoms with Gasteiger partial charge in [-0.2, -0.15) is 0 Å². The first-order valence-electron chi connectivity index (χ1n) is 4.84. The van der Waals surface area contributed by atoms with Gasteiger partial charge in [0.1, 0.15) is 5.75 Å². The van der Waals surface area contributed by atoms with E-state index in [2.05, 4.69) is 0 Å². The lowest BCUT2D eigenvalue weighted by Crippen LogP contribution is -1.91. The molecule has 2 nitrogen and oxygen atoms in total. The lowest BCUT2D eigenvalue weighted by molar-refractivity contribution is 0.349. The number of hydrogen-bond acceptors (Lipinski definition) is 2. The van der Waals surface area contributed by atoms with Crippen molar-refractivity contribution < 1.29 is 10.2 Å². The van der Waals surface area contributed by atoms with Gasteiger partial charge < -0.3 is 10.2 Å². The Labute approximate surface area is 83.5 Å². The topological polar surface area (TPSA) is 40.5 Å². The van der Waals surface area contributed by atoms with Crippen LogP contribution in [-0.2, 0) is 0 Å². The Kier molecular flexibility index (Phi) is 2.30. The molecule has 1 aliphatic rings. The Hall–Kier alpha value is -1.28. The first kappa shape index (κ1) is 9.28. The molecular weight excluding hydrogens is 176 g/mol. The van der Waals surface area contributed by atoms with Gasteiger partial charge in [-0.25, -0.2) is 0 Å². The van der Waals surface area contributed by atoms with E-state index in [9.17, 15) is 10.2 Å². The normalized spacial score (nSPS) is 14.3. The Morgan fingerprint density at radius 2 is 2.07 bits per heavy atom. The van der Waals surface area contributed by atoms with E-state index >= 15 is 0 Å². The van der Waals surface area contributed by atoms with E-state index in [0.29, 0.717) is 0 Å². The molecule has 2 heteroatoms. The fourth-order valence-electron chi connectivity index (χ4n) is 1.65. The number of rotatable bonds is 2. The number of hydrogen-bond donors (Lipinski definition) is 2.